The molecule has 0 radical (unpaired) electrons. The molecule has 0 aliphatic carbocycles. The third-order valence-electron chi connectivity index (χ3n) is 8.13. The molecule has 2 aromatic carbocycles. The molecule has 2 fully saturated rings. The van der Waals surface area contributed by atoms with Gasteiger partial charge in [-0.3, -0.25) is 10.1 Å². The molecule has 0 unspecified atom stereocenters. The Bertz CT molecular complexity index is 1450. The number of non-ortho nitro benzene ring substituents is 1. The van der Waals surface area contributed by atoms with Gasteiger partial charge in [0.15, 0.2) is 6.29 Å². The Morgan fingerprint density at radius 1 is 1.22 bits per heavy atom. The number of aliphatic hydroxyl groups is 1. The molecule has 5 atom stereocenters. The van der Waals surface area contributed by atoms with E-state index in [1.54, 1.807) is 0 Å². The highest BCUT2D eigenvalue weighted by Gasteiger charge is 2.44. The summed E-state index contributed by atoms with van der Waals surface area (Å²) in [5.74, 6) is -0.0844. The largest absolute Gasteiger partial charge is 0.443 e. The molecule has 244 valence electrons. The predicted molar refractivity (Wildman–Crippen MR) is 162 cm³/mol. The van der Waals surface area contributed by atoms with Crippen LogP contribution >= 0.6 is 0 Å². The molecule has 1 amide bonds. The minimum Gasteiger partial charge on any atom is -0.443 e. The Morgan fingerprint density at radius 2 is 1.93 bits per heavy atom. The van der Waals surface area contributed by atoms with Crippen molar-refractivity contribution in [1.29, 1.82) is 5.26 Å². The monoisotopic (exact) mass is 644 g/mol. The number of benzene rings is 2. The van der Waals surface area contributed by atoms with Crippen LogP contribution in [0.3, 0.4) is 0 Å². The van der Waals surface area contributed by atoms with Crippen molar-refractivity contribution >= 4 is 21.8 Å². The Hall–Kier alpha value is -3.61. The molecule has 4 rings (SSSR count). The van der Waals surface area contributed by atoms with Crippen LogP contribution in [-0.2, 0) is 30.7 Å². The van der Waals surface area contributed by atoms with E-state index in [2.05, 4.69) is 11.4 Å². The van der Waals surface area contributed by atoms with Crippen molar-refractivity contribution in [2.24, 2.45) is 11.3 Å². The van der Waals surface area contributed by atoms with Crippen LogP contribution in [0.5, 0.6) is 0 Å². The van der Waals surface area contributed by atoms with Crippen LogP contribution in [0.2, 0.25) is 0 Å². The number of nitriles is 1. The van der Waals surface area contributed by atoms with E-state index in [1.807, 2.05) is 44.2 Å². The van der Waals surface area contributed by atoms with Crippen LogP contribution in [-0.4, -0.2) is 79.7 Å². The molecular weight excluding hydrogens is 604 g/mol. The van der Waals surface area contributed by atoms with Crippen molar-refractivity contribution in [3.8, 4) is 6.07 Å². The lowest BCUT2D eigenvalue weighted by Gasteiger charge is -2.35. The zero-order valence-electron chi connectivity index (χ0n) is 25.4. The van der Waals surface area contributed by atoms with E-state index in [-0.39, 0.29) is 42.6 Å². The number of aliphatic hydroxyl groups excluding tert-OH is 1. The molecule has 2 heterocycles. The standard InChI is InChI=1S/C31H40N4O9S/c1-31(2,15-6-7-16-32)21-34(45(40,41)24-12-10-23(11-13-24)35(38)39)19-27(36)26(18-22-8-4-3-5-9-22)33-30(37)44-28-20-43-29-25(28)14-17-42-29/h3-5,8-13,25-29,36H,6-7,14-15,17-21H2,1-2H3,(H,33,37)/t25-,26-,27-,28-,29+/m0/s1. The second kappa shape index (κ2) is 15.1. The number of nitrogens with one attached hydrogen (secondary N) is 1. The van der Waals surface area contributed by atoms with E-state index in [0.29, 0.717) is 32.3 Å². The van der Waals surface area contributed by atoms with Crippen molar-refractivity contribution in [3.63, 3.8) is 0 Å². The number of nitrogens with zero attached hydrogens (tertiary/aromatic N) is 3. The van der Waals surface area contributed by atoms with Gasteiger partial charge in [-0.05, 0) is 48.8 Å². The van der Waals surface area contributed by atoms with Gasteiger partial charge in [-0.2, -0.15) is 9.57 Å². The van der Waals surface area contributed by atoms with Gasteiger partial charge in [-0.1, -0.05) is 44.2 Å². The Balaban J connectivity index is 1.57. The van der Waals surface area contributed by atoms with E-state index >= 15 is 0 Å². The van der Waals surface area contributed by atoms with Crippen LogP contribution < -0.4 is 5.32 Å². The fourth-order valence-electron chi connectivity index (χ4n) is 5.70. The summed E-state index contributed by atoms with van der Waals surface area (Å²) in [4.78, 5) is 23.5. The summed E-state index contributed by atoms with van der Waals surface area (Å²) in [6.07, 6.45) is -0.784. The zero-order valence-corrected chi connectivity index (χ0v) is 26.2. The van der Waals surface area contributed by atoms with Gasteiger partial charge in [-0.15, -0.1) is 0 Å². The van der Waals surface area contributed by atoms with Crippen LogP contribution in [0.1, 0.15) is 45.1 Å². The molecule has 0 bridgehead atoms. The first-order valence-electron chi connectivity index (χ1n) is 14.9. The average Bonchev–Trinajstić information content (AvgIpc) is 3.62. The number of alkyl carbamates (subject to hydrolysis) is 1. The zero-order chi connectivity index (χ0) is 32.6. The summed E-state index contributed by atoms with van der Waals surface area (Å²) in [5.41, 5.74) is -0.0447. The van der Waals surface area contributed by atoms with Gasteiger partial charge in [0.1, 0.15) is 6.10 Å². The van der Waals surface area contributed by atoms with Gasteiger partial charge in [0.05, 0.1) is 47.2 Å². The lowest BCUT2D eigenvalue weighted by Crippen LogP contribution is -2.52. The number of hydrogen-bond donors (Lipinski definition) is 2. The average molecular weight is 645 g/mol. The molecule has 2 aromatic rings. The normalized spacial score (nSPS) is 21.1. The molecule has 2 aliphatic heterocycles. The number of amides is 1. The maximum absolute atomic E-state index is 14.0. The molecule has 0 saturated carbocycles. The molecule has 2 aliphatic rings. The van der Waals surface area contributed by atoms with Gasteiger partial charge in [0.2, 0.25) is 10.0 Å². The number of fused-ring (bicyclic) bond motifs is 1. The molecular formula is C31H40N4O9S. The fourth-order valence-corrected chi connectivity index (χ4v) is 7.34. The molecule has 13 nitrogen and oxygen atoms in total. The summed E-state index contributed by atoms with van der Waals surface area (Å²) in [5, 5.41) is 34.5. The van der Waals surface area contributed by atoms with Crippen molar-refractivity contribution < 1.29 is 37.5 Å². The summed E-state index contributed by atoms with van der Waals surface area (Å²) in [7, 11) is -4.25. The van der Waals surface area contributed by atoms with Crippen LogP contribution in [0.15, 0.2) is 59.5 Å². The van der Waals surface area contributed by atoms with Crippen molar-refractivity contribution in [3.05, 3.63) is 70.3 Å². The molecule has 2 saturated heterocycles. The predicted octanol–water partition coefficient (Wildman–Crippen LogP) is 3.77. The van der Waals surface area contributed by atoms with E-state index < -0.39 is 51.0 Å². The topological polar surface area (TPSA) is 181 Å². The van der Waals surface area contributed by atoms with E-state index in [0.717, 1.165) is 34.1 Å². The van der Waals surface area contributed by atoms with Gasteiger partial charge in [-0.25, -0.2) is 13.2 Å². The molecule has 0 aromatic heterocycles. The lowest BCUT2D eigenvalue weighted by molar-refractivity contribution is -0.384. The number of sulfonamides is 1. The summed E-state index contributed by atoms with van der Waals surface area (Å²) < 4.78 is 45.8. The van der Waals surface area contributed by atoms with Gasteiger partial charge in [0, 0.05) is 31.6 Å². The third-order valence-corrected chi connectivity index (χ3v) is 9.96. The first-order valence-corrected chi connectivity index (χ1v) is 16.4. The molecule has 2 N–H and O–H groups in total. The van der Waals surface area contributed by atoms with Gasteiger partial charge in [0.25, 0.3) is 5.69 Å². The number of rotatable bonds is 15. The summed E-state index contributed by atoms with van der Waals surface area (Å²) in [6.45, 7) is 4.05. The second-order valence-electron chi connectivity index (χ2n) is 12.2. The number of nitro groups is 1. The number of hydrogen-bond acceptors (Lipinski definition) is 10. The van der Waals surface area contributed by atoms with Crippen molar-refractivity contribution in [1.82, 2.24) is 9.62 Å². The molecule has 14 heteroatoms. The first-order chi connectivity index (χ1) is 21.4. The van der Waals surface area contributed by atoms with Crippen molar-refractivity contribution in [2.75, 3.05) is 26.3 Å². The maximum Gasteiger partial charge on any atom is 0.407 e. The van der Waals surface area contributed by atoms with E-state index in [4.69, 9.17) is 19.5 Å². The lowest BCUT2D eigenvalue weighted by atomic mass is 9.87. The summed E-state index contributed by atoms with van der Waals surface area (Å²) >= 11 is 0. The highest BCUT2D eigenvalue weighted by molar-refractivity contribution is 7.89. The number of carbonyl (C=O) groups is 1. The smallest absolute Gasteiger partial charge is 0.407 e. The summed E-state index contributed by atoms with van der Waals surface area (Å²) in [6, 6.07) is 14.9. The van der Waals surface area contributed by atoms with Crippen LogP contribution in [0.25, 0.3) is 0 Å². The quantitative estimate of drug-likeness (QED) is 0.165. The van der Waals surface area contributed by atoms with E-state index in [9.17, 15) is 28.4 Å². The maximum atomic E-state index is 14.0. The van der Waals surface area contributed by atoms with Crippen LogP contribution in [0.4, 0.5) is 10.5 Å². The van der Waals surface area contributed by atoms with Gasteiger partial charge >= 0.3 is 6.09 Å². The minimum absolute atomic E-state index is 0.0141. The number of carbonyl (C=O) groups excluding carboxylic acids is 1. The highest BCUT2D eigenvalue weighted by atomic mass is 32.2. The number of unbranched alkanes of at least 4 members (excludes halogenated alkanes) is 1. The van der Waals surface area contributed by atoms with Crippen LogP contribution in [0, 0.1) is 32.8 Å². The Labute approximate surface area is 263 Å². The van der Waals surface area contributed by atoms with Gasteiger partial charge < -0.3 is 24.6 Å². The molecule has 0 spiro atoms. The SMILES string of the molecule is CC(C)(CCCC#N)CN(C[C@H](O)[C@H](Cc1ccccc1)NC(=O)O[C@H]1CO[C@H]2OCC[C@H]21)S(=O)(=O)c1ccc([N+](=O)[O-])cc1. The Kier molecular flexibility index (Phi) is 11.5. The minimum atomic E-state index is -4.25. The van der Waals surface area contributed by atoms with Crippen molar-refractivity contribution in [2.45, 2.75) is 75.4 Å². The molecule has 45 heavy (non-hydrogen) atoms. The third kappa shape index (κ3) is 9.21. The number of nitro benzene ring substituents is 1. The second-order valence-corrected chi connectivity index (χ2v) is 14.1. The Morgan fingerprint density at radius 3 is 2.60 bits per heavy atom. The fraction of sp³-hybridized carbons (Fsp3) is 0.548. The number of ether oxygens (including phenoxy) is 3. The first kappa shape index (κ1) is 34.3. The van der Waals surface area contributed by atoms with E-state index in [1.165, 1.54) is 0 Å². The highest BCUT2D eigenvalue weighted by Crippen LogP contribution is 2.33.